The van der Waals surface area contributed by atoms with Crippen molar-refractivity contribution in [2.75, 3.05) is 34.6 Å². The van der Waals surface area contributed by atoms with Gasteiger partial charge in [0, 0.05) is 66.0 Å². The molecule has 0 fully saturated rings. The molecule has 2 heterocycles. The molecule has 0 unspecified atom stereocenters. The lowest BCUT2D eigenvalue weighted by Crippen LogP contribution is -2.48. The standard InChI is InChI=1S/C32H29Cl2N3O6/c33-13-17-15-36(24-11-26(38)19-5-1-3-7-21(19)29(17)24)28(40)10-9-23(35-32(42)43)31(41)37-16-18(14-34)30-22-8-4-2-6-20(22)27(39)12-25(30)37/h1-8,11-12,17-18,23,35,38-39H,9-10,13-16H2,(H,42,43)/t17-,18-,23+/m1/s1. The number of hydrogen-bond donors (Lipinski definition) is 4. The van der Waals surface area contributed by atoms with Crippen molar-refractivity contribution in [1.29, 1.82) is 0 Å². The number of carbonyl (C=O) groups is 3. The maximum absolute atomic E-state index is 13.9. The molecule has 0 saturated heterocycles. The van der Waals surface area contributed by atoms with Crippen LogP contribution < -0.4 is 15.1 Å². The van der Waals surface area contributed by atoms with E-state index in [9.17, 15) is 29.7 Å². The second-order valence-corrected chi connectivity index (χ2v) is 11.6. The number of amides is 3. The Labute approximate surface area is 257 Å². The molecule has 2 aliphatic heterocycles. The fourth-order valence-electron chi connectivity index (χ4n) is 6.55. The van der Waals surface area contributed by atoms with Gasteiger partial charge in [-0.15, -0.1) is 23.2 Å². The zero-order valence-electron chi connectivity index (χ0n) is 23.0. The molecule has 0 saturated carbocycles. The van der Waals surface area contributed by atoms with E-state index in [0.29, 0.717) is 28.7 Å². The fraction of sp³-hybridized carbons (Fsp3) is 0.281. The third kappa shape index (κ3) is 4.96. The summed E-state index contributed by atoms with van der Waals surface area (Å²) < 4.78 is 0. The highest BCUT2D eigenvalue weighted by atomic mass is 35.5. The minimum atomic E-state index is -1.40. The van der Waals surface area contributed by atoms with E-state index in [-0.39, 0.29) is 60.4 Å². The number of benzene rings is 4. The lowest BCUT2D eigenvalue weighted by atomic mass is 9.95. The summed E-state index contributed by atoms with van der Waals surface area (Å²) in [7, 11) is 0. The second-order valence-electron chi connectivity index (χ2n) is 10.9. The van der Waals surface area contributed by atoms with Crippen molar-refractivity contribution in [2.24, 2.45) is 0 Å². The van der Waals surface area contributed by atoms with Crippen LogP contribution in [0.2, 0.25) is 0 Å². The van der Waals surface area contributed by atoms with Gasteiger partial charge in [0.2, 0.25) is 11.8 Å². The molecule has 0 aliphatic carbocycles. The zero-order chi connectivity index (χ0) is 30.4. The van der Waals surface area contributed by atoms with Crippen LogP contribution in [-0.4, -0.2) is 64.1 Å². The van der Waals surface area contributed by atoms with Crippen molar-refractivity contribution in [3.05, 3.63) is 71.8 Å². The molecule has 4 aromatic rings. The number of nitrogens with zero attached hydrogens (tertiary/aromatic N) is 2. The van der Waals surface area contributed by atoms with Gasteiger partial charge in [-0.25, -0.2) is 4.79 Å². The van der Waals surface area contributed by atoms with Gasteiger partial charge in [-0.2, -0.15) is 0 Å². The van der Waals surface area contributed by atoms with Gasteiger partial charge >= 0.3 is 6.09 Å². The molecule has 2 aliphatic rings. The SMILES string of the molecule is O=C(O)N[C@@H](CCC(=O)N1C[C@@H](CCl)c2c1cc(O)c1ccccc21)C(=O)N1C[C@@H](CCl)c2c1cc(O)c1ccccc21. The van der Waals surface area contributed by atoms with Gasteiger partial charge in [-0.1, -0.05) is 48.5 Å². The quantitative estimate of drug-likeness (QED) is 0.191. The van der Waals surface area contributed by atoms with Crippen LogP contribution in [0.15, 0.2) is 60.7 Å². The molecule has 4 aromatic carbocycles. The molecular weight excluding hydrogens is 593 g/mol. The van der Waals surface area contributed by atoms with Crippen molar-refractivity contribution < 1.29 is 29.7 Å². The normalized spacial score (nSPS) is 18.1. The number of carboxylic acid groups (broad SMARTS) is 1. The van der Waals surface area contributed by atoms with E-state index in [4.69, 9.17) is 23.2 Å². The first-order valence-corrected chi connectivity index (χ1v) is 15.0. The van der Waals surface area contributed by atoms with Crippen LogP contribution in [0.4, 0.5) is 16.2 Å². The second kappa shape index (κ2) is 11.5. The Morgan fingerprint density at radius 3 is 1.74 bits per heavy atom. The number of anilines is 2. The molecule has 11 heteroatoms. The first-order valence-electron chi connectivity index (χ1n) is 14.0. The van der Waals surface area contributed by atoms with E-state index in [1.807, 2.05) is 42.5 Å². The molecule has 3 amide bonds. The molecule has 9 nitrogen and oxygen atoms in total. The number of alkyl halides is 2. The lowest BCUT2D eigenvalue weighted by Gasteiger charge is -2.25. The van der Waals surface area contributed by atoms with Crippen LogP contribution in [0.5, 0.6) is 11.5 Å². The first-order chi connectivity index (χ1) is 20.7. The molecule has 0 bridgehead atoms. The van der Waals surface area contributed by atoms with E-state index in [1.165, 1.54) is 11.0 Å². The summed E-state index contributed by atoms with van der Waals surface area (Å²) in [5.74, 6) is -0.715. The monoisotopic (exact) mass is 621 g/mol. The first kappa shape index (κ1) is 28.9. The molecule has 222 valence electrons. The third-order valence-electron chi connectivity index (χ3n) is 8.47. The van der Waals surface area contributed by atoms with Crippen LogP contribution in [0.3, 0.4) is 0 Å². The van der Waals surface area contributed by atoms with Gasteiger partial charge in [0.25, 0.3) is 0 Å². The smallest absolute Gasteiger partial charge is 0.405 e. The largest absolute Gasteiger partial charge is 0.507 e. The molecule has 4 N–H and O–H groups in total. The highest BCUT2D eigenvalue weighted by Gasteiger charge is 2.39. The van der Waals surface area contributed by atoms with Gasteiger partial charge in [0.05, 0.1) is 11.4 Å². The summed E-state index contributed by atoms with van der Waals surface area (Å²) in [5, 5.41) is 36.2. The Kier molecular flexibility index (Phi) is 7.70. The topological polar surface area (TPSA) is 130 Å². The molecule has 3 atom stereocenters. The number of nitrogens with one attached hydrogen (secondary N) is 1. The number of aromatic hydroxyl groups is 2. The predicted octanol–water partition coefficient (Wildman–Crippen LogP) is 5.86. The molecule has 0 spiro atoms. The number of carbonyl (C=O) groups excluding carboxylic acids is 2. The Bertz CT molecular complexity index is 1780. The molecular formula is C32H29Cl2N3O6. The van der Waals surface area contributed by atoms with E-state index < -0.39 is 18.0 Å². The Hall–Kier alpha value is -4.21. The number of hydrogen-bond acceptors (Lipinski definition) is 5. The summed E-state index contributed by atoms with van der Waals surface area (Å²) in [5.41, 5.74) is 2.72. The summed E-state index contributed by atoms with van der Waals surface area (Å²) in [6.07, 6.45) is -1.63. The minimum absolute atomic E-state index is 0.00221. The number of rotatable bonds is 7. The summed E-state index contributed by atoms with van der Waals surface area (Å²) in [6.45, 7) is 0.513. The van der Waals surface area contributed by atoms with E-state index in [2.05, 4.69) is 5.32 Å². The third-order valence-corrected chi connectivity index (χ3v) is 9.22. The van der Waals surface area contributed by atoms with Gasteiger partial charge in [-0.3, -0.25) is 9.59 Å². The fourth-order valence-corrected chi connectivity index (χ4v) is 7.05. The highest BCUT2D eigenvalue weighted by molar-refractivity contribution is 6.19. The van der Waals surface area contributed by atoms with E-state index >= 15 is 0 Å². The van der Waals surface area contributed by atoms with Gasteiger partial charge in [0.15, 0.2) is 0 Å². The number of phenols is 2. The molecule has 43 heavy (non-hydrogen) atoms. The number of halogens is 2. The maximum Gasteiger partial charge on any atom is 0.405 e. The van der Waals surface area contributed by atoms with Crippen molar-refractivity contribution in [1.82, 2.24) is 5.32 Å². The van der Waals surface area contributed by atoms with Crippen LogP contribution in [-0.2, 0) is 9.59 Å². The van der Waals surface area contributed by atoms with Gasteiger partial charge in [0.1, 0.15) is 17.5 Å². The van der Waals surface area contributed by atoms with Crippen LogP contribution in [0.1, 0.15) is 35.8 Å². The average molecular weight is 623 g/mol. The molecule has 0 aromatic heterocycles. The summed E-state index contributed by atoms with van der Waals surface area (Å²) >= 11 is 12.6. The number of fused-ring (bicyclic) bond motifs is 6. The Morgan fingerprint density at radius 2 is 1.26 bits per heavy atom. The lowest BCUT2D eigenvalue weighted by molar-refractivity contribution is -0.121. The summed E-state index contributed by atoms with van der Waals surface area (Å²) in [6, 6.07) is 16.5. The highest BCUT2D eigenvalue weighted by Crippen LogP contribution is 2.47. The molecule has 6 rings (SSSR count). The van der Waals surface area contributed by atoms with E-state index in [1.54, 1.807) is 17.0 Å². The van der Waals surface area contributed by atoms with Crippen LogP contribution in [0.25, 0.3) is 21.5 Å². The minimum Gasteiger partial charge on any atom is -0.507 e. The van der Waals surface area contributed by atoms with E-state index in [0.717, 1.165) is 21.9 Å². The maximum atomic E-state index is 13.9. The van der Waals surface area contributed by atoms with Gasteiger partial charge in [-0.05, 0) is 28.3 Å². The zero-order valence-corrected chi connectivity index (χ0v) is 24.5. The van der Waals surface area contributed by atoms with Crippen LogP contribution >= 0.6 is 23.2 Å². The van der Waals surface area contributed by atoms with Crippen LogP contribution in [0, 0.1) is 0 Å². The molecule has 0 radical (unpaired) electrons. The number of phenolic OH excluding ortho intramolecular Hbond substituents is 2. The van der Waals surface area contributed by atoms with Crippen molar-refractivity contribution in [3.8, 4) is 11.5 Å². The van der Waals surface area contributed by atoms with Crippen molar-refractivity contribution >= 4 is 74.0 Å². The summed E-state index contributed by atoms with van der Waals surface area (Å²) in [4.78, 5) is 42.2. The van der Waals surface area contributed by atoms with Gasteiger partial charge < -0.3 is 30.4 Å². The van der Waals surface area contributed by atoms with Crippen molar-refractivity contribution in [3.63, 3.8) is 0 Å². The average Bonchev–Trinajstić information content (AvgIpc) is 3.57. The predicted molar refractivity (Wildman–Crippen MR) is 167 cm³/mol. The Morgan fingerprint density at radius 1 is 0.791 bits per heavy atom. The Balaban J connectivity index is 1.27. The van der Waals surface area contributed by atoms with Crippen molar-refractivity contribution in [2.45, 2.75) is 30.7 Å².